The fourth-order valence-corrected chi connectivity index (χ4v) is 1.77. The normalized spacial score (nSPS) is 11.1. The molecule has 0 unspecified atom stereocenters. The Morgan fingerprint density at radius 1 is 1.28 bits per heavy atom. The van der Waals surface area contributed by atoms with Crippen LogP contribution in [0.15, 0.2) is 6.20 Å². The molecule has 0 amide bonds. The van der Waals surface area contributed by atoms with Crippen molar-refractivity contribution in [3.63, 3.8) is 0 Å². The highest BCUT2D eigenvalue weighted by atomic mass is 15.4. The molecule has 0 spiro atoms. The molecule has 9 heteroatoms. The molecule has 18 heavy (non-hydrogen) atoms. The number of anilines is 1. The summed E-state index contributed by atoms with van der Waals surface area (Å²) in [6.45, 7) is 3.67. The molecule has 9 nitrogen and oxygen atoms in total. The van der Waals surface area contributed by atoms with E-state index in [1.807, 2.05) is 13.8 Å². The zero-order valence-electron chi connectivity index (χ0n) is 9.84. The van der Waals surface area contributed by atoms with Crippen LogP contribution in [-0.2, 0) is 0 Å². The van der Waals surface area contributed by atoms with Gasteiger partial charge in [0.05, 0.1) is 11.6 Å². The predicted molar refractivity (Wildman–Crippen MR) is 63.9 cm³/mol. The number of nitrogen functional groups attached to an aromatic ring is 1. The number of aryl methyl sites for hydroxylation is 2. The van der Waals surface area contributed by atoms with Crippen molar-refractivity contribution in [3.05, 3.63) is 17.8 Å². The quantitative estimate of drug-likeness (QED) is 0.423. The molecule has 3 rings (SSSR count). The van der Waals surface area contributed by atoms with Crippen LogP contribution in [-0.4, -0.2) is 34.9 Å². The summed E-state index contributed by atoms with van der Waals surface area (Å²) in [4.78, 5) is 12.7. The average molecular weight is 245 g/mol. The first-order chi connectivity index (χ1) is 8.69. The monoisotopic (exact) mass is 245 g/mol. The maximum absolute atomic E-state index is 5.35. The van der Waals surface area contributed by atoms with Gasteiger partial charge in [0, 0.05) is 0 Å². The molecule has 0 fully saturated rings. The highest BCUT2D eigenvalue weighted by Gasteiger charge is 2.14. The van der Waals surface area contributed by atoms with Crippen LogP contribution in [0.3, 0.4) is 0 Å². The lowest BCUT2D eigenvalue weighted by molar-refractivity contribution is 0.808. The number of hydrazine groups is 1. The van der Waals surface area contributed by atoms with E-state index in [2.05, 4.69) is 35.7 Å². The van der Waals surface area contributed by atoms with Gasteiger partial charge < -0.3 is 0 Å². The van der Waals surface area contributed by atoms with Crippen molar-refractivity contribution in [2.75, 3.05) is 5.43 Å². The van der Waals surface area contributed by atoms with Gasteiger partial charge in [-0.2, -0.15) is 19.7 Å². The Labute approximate surface area is 101 Å². The van der Waals surface area contributed by atoms with Crippen molar-refractivity contribution in [2.45, 2.75) is 13.8 Å². The van der Waals surface area contributed by atoms with Crippen LogP contribution in [0.25, 0.3) is 16.9 Å². The van der Waals surface area contributed by atoms with E-state index in [1.54, 1.807) is 10.9 Å². The lowest BCUT2D eigenvalue weighted by Gasteiger charge is -2.05. The summed E-state index contributed by atoms with van der Waals surface area (Å²) in [7, 11) is 0. The fourth-order valence-electron chi connectivity index (χ4n) is 1.77. The van der Waals surface area contributed by atoms with Gasteiger partial charge in [0.1, 0.15) is 11.6 Å². The van der Waals surface area contributed by atoms with Crippen molar-refractivity contribution in [1.29, 1.82) is 0 Å². The Morgan fingerprint density at radius 2 is 2.11 bits per heavy atom. The third-order valence-electron chi connectivity index (χ3n) is 2.49. The molecule has 0 atom stereocenters. The van der Waals surface area contributed by atoms with Crippen LogP contribution in [0.2, 0.25) is 0 Å². The van der Waals surface area contributed by atoms with Gasteiger partial charge in [-0.05, 0) is 13.8 Å². The van der Waals surface area contributed by atoms with E-state index in [4.69, 9.17) is 5.84 Å². The second-order valence-corrected chi connectivity index (χ2v) is 3.77. The molecule has 0 aliphatic heterocycles. The van der Waals surface area contributed by atoms with E-state index >= 15 is 0 Å². The highest BCUT2D eigenvalue weighted by Crippen LogP contribution is 2.19. The standard InChI is InChI=1S/C9H11N9/c1-4-12-5(2)18(17-4)8-6-3-11-16-7(6)13-9(14-8)15-10/h3H,10H2,1-2H3,(H2,11,13,14,15,16). The summed E-state index contributed by atoms with van der Waals surface area (Å²) in [6, 6.07) is 0. The number of nitrogens with two attached hydrogens (primary N) is 1. The van der Waals surface area contributed by atoms with E-state index in [0.717, 1.165) is 11.2 Å². The third kappa shape index (κ3) is 1.49. The third-order valence-corrected chi connectivity index (χ3v) is 2.49. The summed E-state index contributed by atoms with van der Waals surface area (Å²) < 4.78 is 1.63. The van der Waals surface area contributed by atoms with Crippen LogP contribution in [0.4, 0.5) is 5.95 Å². The van der Waals surface area contributed by atoms with Crippen LogP contribution < -0.4 is 11.3 Å². The van der Waals surface area contributed by atoms with Gasteiger partial charge in [-0.15, -0.1) is 5.10 Å². The number of fused-ring (bicyclic) bond motifs is 1. The first-order valence-corrected chi connectivity index (χ1v) is 5.27. The van der Waals surface area contributed by atoms with Gasteiger partial charge in [0.25, 0.3) is 0 Å². The lowest BCUT2D eigenvalue weighted by atomic mass is 10.4. The second kappa shape index (κ2) is 3.74. The SMILES string of the molecule is Cc1nc(C)n(-c2nc(NN)nc3[nH]ncc23)n1. The summed E-state index contributed by atoms with van der Waals surface area (Å²) in [5.74, 6) is 7.62. The molecule has 92 valence electrons. The summed E-state index contributed by atoms with van der Waals surface area (Å²) in [5, 5.41) is 11.8. The highest BCUT2D eigenvalue weighted by molar-refractivity contribution is 5.82. The number of aromatic amines is 1. The maximum Gasteiger partial charge on any atom is 0.241 e. The van der Waals surface area contributed by atoms with Gasteiger partial charge in [-0.1, -0.05) is 0 Å². The maximum atomic E-state index is 5.35. The fraction of sp³-hybridized carbons (Fsp3) is 0.222. The molecule has 0 aromatic carbocycles. The Morgan fingerprint density at radius 3 is 2.78 bits per heavy atom. The van der Waals surface area contributed by atoms with Crippen molar-refractivity contribution < 1.29 is 0 Å². The minimum absolute atomic E-state index is 0.286. The largest absolute Gasteiger partial charge is 0.292 e. The van der Waals surface area contributed by atoms with E-state index in [9.17, 15) is 0 Å². The van der Waals surface area contributed by atoms with Crippen LogP contribution in [0.1, 0.15) is 11.6 Å². The number of hydrogen-bond acceptors (Lipinski definition) is 7. The molecule has 0 aliphatic rings. The van der Waals surface area contributed by atoms with Crippen LogP contribution in [0.5, 0.6) is 0 Å². The van der Waals surface area contributed by atoms with Gasteiger partial charge in [0.2, 0.25) is 5.95 Å². The minimum atomic E-state index is 0.286. The summed E-state index contributed by atoms with van der Waals surface area (Å²) >= 11 is 0. The smallest absolute Gasteiger partial charge is 0.241 e. The minimum Gasteiger partial charge on any atom is -0.292 e. The molecule has 4 N–H and O–H groups in total. The molecule has 3 aromatic heterocycles. The predicted octanol–water partition coefficient (Wildman–Crippen LogP) is -0.164. The number of H-pyrrole nitrogens is 1. The summed E-state index contributed by atoms with van der Waals surface area (Å²) in [6.07, 6.45) is 1.64. The second-order valence-electron chi connectivity index (χ2n) is 3.77. The van der Waals surface area contributed by atoms with Crippen molar-refractivity contribution in [3.8, 4) is 5.82 Å². The number of hydrogen-bond donors (Lipinski definition) is 3. The van der Waals surface area contributed by atoms with Gasteiger partial charge in [0.15, 0.2) is 11.5 Å². The molecule has 0 radical (unpaired) electrons. The first-order valence-electron chi connectivity index (χ1n) is 5.27. The topological polar surface area (TPSA) is 123 Å². The Kier molecular flexibility index (Phi) is 2.20. The van der Waals surface area contributed by atoms with Gasteiger partial charge in [-0.25, -0.2) is 10.8 Å². The number of nitrogens with zero attached hydrogens (tertiary/aromatic N) is 6. The van der Waals surface area contributed by atoms with E-state index in [-0.39, 0.29) is 5.95 Å². The zero-order valence-corrected chi connectivity index (χ0v) is 9.84. The Hall–Kier alpha value is -2.55. The van der Waals surface area contributed by atoms with Gasteiger partial charge in [-0.3, -0.25) is 10.5 Å². The molecule has 0 saturated carbocycles. The molecular weight excluding hydrogens is 234 g/mol. The van der Waals surface area contributed by atoms with Crippen molar-refractivity contribution in [2.24, 2.45) is 5.84 Å². The Bertz CT molecular complexity index is 710. The zero-order chi connectivity index (χ0) is 12.7. The Balaban J connectivity index is 2.33. The molecular formula is C9H11N9. The number of nitrogens with one attached hydrogen (secondary N) is 2. The molecule has 0 bridgehead atoms. The van der Waals surface area contributed by atoms with E-state index in [0.29, 0.717) is 17.3 Å². The molecule has 0 aliphatic carbocycles. The number of rotatable bonds is 2. The first kappa shape index (κ1) is 10.6. The van der Waals surface area contributed by atoms with E-state index in [1.165, 1.54) is 0 Å². The van der Waals surface area contributed by atoms with Crippen molar-refractivity contribution in [1.82, 2.24) is 34.9 Å². The van der Waals surface area contributed by atoms with Crippen LogP contribution >= 0.6 is 0 Å². The molecule has 3 heterocycles. The van der Waals surface area contributed by atoms with Gasteiger partial charge >= 0.3 is 0 Å². The number of aromatic nitrogens is 7. The van der Waals surface area contributed by atoms with Crippen LogP contribution in [0, 0.1) is 13.8 Å². The van der Waals surface area contributed by atoms with E-state index < -0.39 is 0 Å². The molecule has 0 saturated heterocycles. The van der Waals surface area contributed by atoms with Crippen molar-refractivity contribution >= 4 is 17.0 Å². The average Bonchev–Trinajstić information content (AvgIpc) is 2.94. The summed E-state index contributed by atoms with van der Waals surface area (Å²) in [5.41, 5.74) is 3.00. The molecule has 3 aromatic rings. The lowest BCUT2D eigenvalue weighted by Crippen LogP contribution is -2.13.